The summed E-state index contributed by atoms with van der Waals surface area (Å²) < 4.78 is 0. The first-order valence-corrected chi connectivity index (χ1v) is 10.1. The van der Waals surface area contributed by atoms with E-state index in [1.807, 2.05) is 0 Å². The smallest absolute Gasteiger partial charge is 0.317 e. The van der Waals surface area contributed by atoms with Gasteiger partial charge in [0.05, 0.1) is 26.2 Å². The fraction of sp³-hybridized carbons (Fsp3) is 0.833. The summed E-state index contributed by atoms with van der Waals surface area (Å²) in [5.74, 6) is -4.59. The molecule has 0 bridgehead atoms. The van der Waals surface area contributed by atoms with Gasteiger partial charge < -0.3 is 36.0 Å². The van der Waals surface area contributed by atoms with Crippen molar-refractivity contribution in [3.8, 4) is 0 Å². The summed E-state index contributed by atoms with van der Waals surface area (Å²) in [5, 5.41) is 63.3. The van der Waals surface area contributed by atoms with E-state index in [0.29, 0.717) is 13.1 Å². The fourth-order valence-electron chi connectivity index (χ4n) is 3.78. The van der Waals surface area contributed by atoms with Gasteiger partial charge in [-0.2, -0.15) is 0 Å². The third-order valence-electron chi connectivity index (χ3n) is 5.44. The van der Waals surface area contributed by atoms with Crippen molar-refractivity contribution < 1.29 is 45.0 Å². The first-order chi connectivity index (χ1) is 14.6. The zero-order chi connectivity index (χ0) is 23.6. The maximum absolute atomic E-state index is 11.6. The van der Waals surface area contributed by atoms with Crippen LogP contribution in [0.3, 0.4) is 0 Å². The van der Waals surface area contributed by atoms with Crippen LogP contribution in [-0.4, -0.2) is 141 Å². The van der Waals surface area contributed by atoms with Crippen LogP contribution in [0.15, 0.2) is 0 Å². The molecule has 1 saturated heterocycles. The summed E-state index contributed by atoms with van der Waals surface area (Å²) in [6, 6.07) is 0. The largest absolute Gasteiger partial charge is 0.480 e. The van der Waals surface area contributed by atoms with E-state index in [0.717, 1.165) is 9.80 Å². The van der Waals surface area contributed by atoms with Crippen LogP contribution in [0.2, 0.25) is 0 Å². The van der Waals surface area contributed by atoms with Crippen LogP contribution < -0.4 is 5.32 Å². The van der Waals surface area contributed by atoms with Gasteiger partial charge in [0, 0.05) is 45.2 Å². The minimum atomic E-state index is -2.27. The number of aliphatic hydroxyl groups excluding tert-OH is 2. The van der Waals surface area contributed by atoms with Crippen LogP contribution in [-0.2, 0) is 14.4 Å². The number of aliphatic hydroxyl groups is 3. The molecule has 1 aliphatic heterocycles. The van der Waals surface area contributed by atoms with Crippen molar-refractivity contribution in [2.24, 2.45) is 5.92 Å². The lowest BCUT2D eigenvalue weighted by Crippen LogP contribution is -2.69. The predicted octanol–water partition coefficient (Wildman–Crippen LogP) is -3.23. The normalized spacial score (nSPS) is 26.5. The molecule has 0 aromatic carbocycles. The standard InChI is InChI=1S/C18H34N4O9/c1-2-13(12-23)18(31)17(30)21(10-15(26)27)8-7-20(9-14(24)25)5-3-19-4-6-22(18)11-16(28)29/h13,17,19,23,30-31H,2-12H2,1H3,(H,24,25)(H,26,27)(H,28,29). The van der Waals surface area contributed by atoms with Gasteiger partial charge in [0.25, 0.3) is 0 Å². The molecule has 0 aliphatic carbocycles. The molecule has 31 heavy (non-hydrogen) atoms. The Bertz CT molecular complexity index is 605. The number of aliphatic carboxylic acids is 3. The van der Waals surface area contributed by atoms with Crippen LogP contribution in [0.1, 0.15) is 13.3 Å². The second-order valence-corrected chi connectivity index (χ2v) is 7.54. The highest BCUT2D eigenvalue weighted by molar-refractivity contribution is 5.70. The number of carboxylic acid groups (broad SMARTS) is 3. The van der Waals surface area contributed by atoms with Crippen LogP contribution >= 0.6 is 0 Å². The summed E-state index contributed by atoms with van der Waals surface area (Å²) in [7, 11) is 0. The Hall–Kier alpha value is -1.87. The molecule has 1 fully saturated rings. The third kappa shape index (κ3) is 7.96. The molecule has 0 aromatic heterocycles. The van der Waals surface area contributed by atoms with Gasteiger partial charge in [0.2, 0.25) is 0 Å². The van der Waals surface area contributed by atoms with Gasteiger partial charge in [-0.25, -0.2) is 0 Å². The molecule has 13 nitrogen and oxygen atoms in total. The number of carboxylic acids is 3. The number of nitrogens with zero attached hydrogens (tertiary/aromatic N) is 3. The van der Waals surface area contributed by atoms with Crippen molar-refractivity contribution in [3.05, 3.63) is 0 Å². The quantitative estimate of drug-likeness (QED) is 0.185. The van der Waals surface area contributed by atoms with Gasteiger partial charge in [-0.1, -0.05) is 6.92 Å². The number of rotatable bonds is 9. The monoisotopic (exact) mass is 450 g/mol. The molecule has 3 unspecified atom stereocenters. The van der Waals surface area contributed by atoms with E-state index in [9.17, 15) is 39.9 Å². The van der Waals surface area contributed by atoms with Gasteiger partial charge in [-0.3, -0.25) is 29.1 Å². The summed E-state index contributed by atoms with van der Waals surface area (Å²) in [6.07, 6.45) is -1.68. The van der Waals surface area contributed by atoms with Gasteiger partial charge in [-0.05, 0) is 6.42 Å². The van der Waals surface area contributed by atoms with E-state index in [-0.39, 0.29) is 39.1 Å². The summed E-state index contributed by atoms with van der Waals surface area (Å²) in [6.45, 7) is 0.363. The molecule has 0 saturated carbocycles. The second-order valence-electron chi connectivity index (χ2n) is 7.54. The van der Waals surface area contributed by atoms with Crippen LogP contribution in [0.25, 0.3) is 0 Å². The van der Waals surface area contributed by atoms with Crippen molar-refractivity contribution in [2.75, 3.05) is 65.5 Å². The molecule has 180 valence electrons. The lowest BCUT2D eigenvalue weighted by molar-refractivity contribution is -0.259. The molecular weight excluding hydrogens is 416 g/mol. The topological polar surface area (TPSA) is 194 Å². The Labute approximate surface area is 180 Å². The molecule has 0 amide bonds. The number of carbonyl (C=O) groups is 3. The Kier molecular flexibility index (Phi) is 11.3. The van der Waals surface area contributed by atoms with Gasteiger partial charge in [-0.15, -0.1) is 0 Å². The van der Waals surface area contributed by atoms with E-state index in [2.05, 4.69) is 5.32 Å². The molecular formula is C18H34N4O9. The summed E-state index contributed by atoms with van der Waals surface area (Å²) in [4.78, 5) is 37.8. The second kappa shape index (κ2) is 12.9. The fourth-order valence-corrected chi connectivity index (χ4v) is 3.78. The Morgan fingerprint density at radius 1 is 0.968 bits per heavy atom. The average Bonchev–Trinajstić information content (AvgIpc) is 2.67. The maximum atomic E-state index is 11.6. The molecule has 0 aromatic rings. The minimum absolute atomic E-state index is 0.0177. The van der Waals surface area contributed by atoms with Gasteiger partial charge in [0.1, 0.15) is 0 Å². The first-order valence-electron chi connectivity index (χ1n) is 10.1. The SMILES string of the molecule is CCC(CO)C1(O)C(O)N(CC(=O)O)CCN(CC(=O)O)CCNCCN1CC(=O)O. The van der Waals surface area contributed by atoms with Crippen LogP contribution in [0, 0.1) is 5.92 Å². The molecule has 1 heterocycles. The highest BCUT2D eigenvalue weighted by atomic mass is 16.4. The van der Waals surface area contributed by atoms with Gasteiger partial charge in [0.15, 0.2) is 12.0 Å². The Morgan fingerprint density at radius 2 is 1.55 bits per heavy atom. The van der Waals surface area contributed by atoms with Gasteiger partial charge >= 0.3 is 17.9 Å². The van der Waals surface area contributed by atoms with E-state index >= 15 is 0 Å². The van der Waals surface area contributed by atoms with Crippen molar-refractivity contribution in [2.45, 2.75) is 25.3 Å². The minimum Gasteiger partial charge on any atom is -0.480 e. The average molecular weight is 450 g/mol. The zero-order valence-corrected chi connectivity index (χ0v) is 17.7. The number of hydrogen-bond donors (Lipinski definition) is 7. The number of nitrogens with one attached hydrogen (secondary N) is 1. The van der Waals surface area contributed by atoms with Crippen molar-refractivity contribution in [1.82, 2.24) is 20.0 Å². The molecule has 1 aliphatic rings. The number of hydrogen-bond acceptors (Lipinski definition) is 10. The molecule has 13 heteroatoms. The molecule has 1 rings (SSSR count). The molecule has 0 radical (unpaired) electrons. The Morgan fingerprint density at radius 3 is 2.06 bits per heavy atom. The zero-order valence-electron chi connectivity index (χ0n) is 17.7. The predicted molar refractivity (Wildman–Crippen MR) is 107 cm³/mol. The molecule has 7 N–H and O–H groups in total. The van der Waals surface area contributed by atoms with Crippen molar-refractivity contribution >= 4 is 17.9 Å². The first kappa shape index (κ1) is 27.2. The Balaban J connectivity index is 3.38. The van der Waals surface area contributed by atoms with E-state index in [1.54, 1.807) is 11.8 Å². The lowest BCUT2D eigenvalue weighted by Gasteiger charge is -2.49. The molecule has 0 spiro atoms. The van der Waals surface area contributed by atoms with Crippen LogP contribution in [0.4, 0.5) is 0 Å². The van der Waals surface area contributed by atoms with E-state index in [4.69, 9.17) is 5.11 Å². The van der Waals surface area contributed by atoms with Crippen LogP contribution in [0.5, 0.6) is 0 Å². The summed E-state index contributed by atoms with van der Waals surface area (Å²) >= 11 is 0. The maximum Gasteiger partial charge on any atom is 0.317 e. The highest BCUT2D eigenvalue weighted by Crippen LogP contribution is 2.30. The third-order valence-corrected chi connectivity index (χ3v) is 5.44. The van der Waals surface area contributed by atoms with Crippen molar-refractivity contribution in [3.63, 3.8) is 0 Å². The van der Waals surface area contributed by atoms with E-state index in [1.165, 1.54) is 0 Å². The lowest BCUT2D eigenvalue weighted by atomic mass is 9.89. The van der Waals surface area contributed by atoms with Crippen molar-refractivity contribution in [1.29, 1.82) is 0 Å². The van der Waals surface area contributed by atoms with E-state index < -0.39 is 55.5 Å². The summed E-state index contributed by atoms with van der Waals surface area (Å²) in [5.41, 5.74) is -2.27. The molecule has 3 atom stereocenters. The highest BCUT2D eigenvalue weighted by Gasteiger charge is 2.50.